The van der Waals surface area contributed by atoms with E-state index >= 15 is 0 Å². The average molecular weight is 308 g/mol. The standard InChI is InChI=1S/C15H15ClFN3O/c1-2-7-18-14-13(8-11(17)9-19-14)15(21)20-12-5-3-10(16)4-6-12/h3-6,8-9H,2,7H2,1H3,(H,18,19)(H,20,21). The van der Waals surface area contributed by atoms with E-state index in [2.05, 4.69) is 15.6 Å². The molecule has 0 aliphatic heterocycles. The van der Waals surface area contributed by atoms with E-state index in [0.29, 0.717) is 23.1 Å². The van der Waals surface area contributed by atoms with Crippen LogP contribution in [0.25, 0.3) is 0 Å². The molecule has 110 valence electrons. The molecule has 21 heavy (non-hydrogen) atoms. The third-order valence-corrected chi connectivity index (χ3v) is 3.00. The molecule has 6 heteroatoms. The Hall–Kier alpha value is -2.14. The van der Waals surface area contributed by atoms with Crippen LogP contribution in [0.2, 0.25) is 5.02 Å². The number of hydrogen-bond donors (Lipinski definition) is 2. The highest BCUT2D eigenvalue weighted by Gasteiger charge is 2.14. The number of carbonyl (C=O) groups is 1. The lowest BCUT2D eigenvalue weighted by Gasteiger charge is -2.11. The topological polar surface area (TPSA) is 54.0 Å². The van der Waals surface area contributed by atoms with Crippen LogP contribution in [0, 0.1) is 5.82 Å². The number of nitrogens with one attached hydrogen (secondary N) is 2. The number of pyridine rings is 1. The van der Waals surface area contributed by atoms with Gasteiger partial charge >= 0.3 is 0 Å². The van der Waals surface area contributed by atoms with Gasteiger partial charge in [0, 0.05) is 17.3 Å². The summed E-state index contributed by atoms with van der Waals surface area (Å²) in [5, 5.41) is 6.27. The van der Waals surface area contributed by atoms with Crippen LogP contribution in [-0.2, 0) is 0 Å². The second-order valence-corrected chi connectivity index (χ2v) is 4.87. The molecule has 0 atom stereocenters. The highest BCUT2D eigenvalue weighted by atomic mass is 35.5. The molecule has 0 saturated heterocycles. The molecule has 1 aromatic carbocycles. The lowest BCUT2D eigenvalue weighted by Crippen LogP contribution is -2.16. The van der Waals surface area contributed by atoms with Crippen LogP contribution in [0.3, 0.4) is 0 Å². The van der Waals surface area contributed by atoms with Crippen LogP contribution in [0.5, 0.6) is 0 Å². The van der Waals surface area contributed by atoms with E-state index in [9.17, 15) is 9.18 Å². The summed E-state index contributed by atoms with van der Waals surface area (Å²) in [5.74, 6) is -0.619. The quantitative estimate of drug-likeness (QED) is 0.879. The van der Waals surface area contributed by atoms with Crippen LogP contribution < -0.4 is 10.6 Å². The molecular formula is C15H15ClFN3O. The zero-order valence-electron chi connectivity index (χ0n) is 11.5. The molecule has 0 aliphatic carbocycles. The molecule has 2 aromatic rings. The SMILES string of the molecule is CCCNc1ncc(F)cc1C(=O)Nc1ccc(Cl)cc1. The minimum Gasteiger partial charge on any atom is -0.369 e. The summed E-state index contributed by atoms with van der Waals surface area (Å²) in [6, 6.07) is 7.84. The summed E-state index contributed by atoms with van der Waals surface area (Å²) < 4.78 is 13.3. The lowest BCUT2D eigenvalue weighted by atomic mass is 10.2. The van der Waals surface area contributed by atoms with E-state index in [0.717, 1.165) is 18.7 Å². The monoisotopic (exact) mass is 307 g/mol. The summed E-state index contributed by atoms with van der Waals surface area (Å²) in [4.78, 5) is 16.2. The van der Waals surface area contributed by atoms with Gasteiger partial charge in [-0.1, -0.05) is 18.5 Å². The molecule has 2 N–H and O–H groups in total. The molecule has 0 radical (unpaired) electrons. The maximum absolute atomic E-state index is 13.3. The molecule has 0 aliphatic rings. The van der Waals surface area contributed by atoms with Crippen molar-refractivity contribution >= 4 is 29.0 Å². The highest BCUT2D eigenvalue weighted by Crippen LogP contribution is 2.18. The first-order chi connectivity index (χ1) is 10.1. The predicted molar refractivity (Wildman–Crippen MR) is 82.4 cm³/mol. The maximum atomic E-state index is 13.3. The zero-order valence-corrected chi connectivity index (χ0v) is 12.2. The van der Waals surface area contributed by atoms with E-state index in [1.807, 2.05) is 6.92 Å². The van der Waals surface area contributed by atoms with E-state index in [-0.39, 0.29) is 5.56 Å². The van der Waals surface area contributed by atoms with Gasteiger partial charge in [0.25, 0.3) is 5.91 Å². The summed E-state index contributed by atoms with van der Waals surface area (Å²) in [5.41, 5.74) is 0.744. The van der Waals surface area contributed by atoms with Crippen molar-refractivity contribution in [3.63, 3.8) is 0 Å². The van der Waals surface area contributed by atoms with E-state index in [1.165, 1.54) is 0 Å². The molecular weight excluding hydrogens is 293 g/mol. The Morgan fingerprint density at radius 2 is 2.05 bits per heavy atom. The second-order valence-electron chi connectivity index (χ2n) is 4.44. The first-order valence-corrected chi connectivity index (χ1v) is 6.94. The van der Waals surface area contributed by atoms with Gasteiger partial charge in [0.1, 0.15) is 11.6 Å². The molecule has 1 aromatic heterocycles. The van der Waals surface area contributed by atoms with Crippen molar-refractivity contribution in [2.45, 2.75) is 13.3 Å². The van der Waals surface area contributed by atoms with Crippen LogP contribution in [0.15, 0.2) is 36.5 Å². The van der Waals surface area contributed by atoms with Gasteiger partial charge in [-0.05, 0) is 36.8 Å². The Morgan fingerprint density at radius 1 is 1.33 bits per heavy atom. The van der Waals surface area contributed by atoms with Gasteiger partial charge in [0.05, 0.1) is 11.8 Å². The molecule has 2 rings (SSSR count). The normalized spacial score (nSPS) is 10.2. The lowest BCUT2D eigenvalue weighted by molar-refractivity contribution is 0.102. The molecule has 0 fully saturated rings. The van der Waals surface area contributed by atoms with Crippen molar-refractivity contribution in [3.05, 3.63) is 52.9 Å². The van der Waals surface area contributed by atoms with Crippen LogP contribution in [0.4, 0.5) is 15.9 Å². The predicted octanol–water partition coefficient (Wildman–Crippen LogP) is 3.95. The Kier molecular flexibility index (Phi) is 5.11. The maximum Gasteiger partial charge on any atom is 0.259 e. The van der Waals surface area contributed by atoms with Gasteiger partial charge < -0.3 is 10.6 Å². The van der Waals surface area contributed by atoms with Crippen molar-refractivity contribution in [2.24, 2.45) is 0 Å². The van der Waals surface area contributed by atoms with Crippen molar-refractivity contribution in [1.82, 2.24) is 4.98 Å². The molecule has 4 nitrogen and oxygen atoms in total. The van der Waals surface area contributed by atoms with E-state index in [4.69, 9.17) is 11.6 Å². The number of nitrogens with zero attached hydrogens (tertiary/aromatic N) is 1. The minimum atomic E-state index is -0.557. The van der Waals surface area contributed by atoms with Gasteiger partial charge in [-0.3, -0.25) is 4.79 Å². The number of rotatable bonds is 5. The number of aromatic nitrogens is 1. The van der Waals surface area contributed by atoms with Crippen LogP contribution >= 0.6 is 11.6 Å². The Labute approximate surface area is 127 Å². The number of benzene rings is 1. The van der Waals surface area contributed by atoms with Crippen molar-refractivity contribution in [2.75, 3.05) is 17.2 Å². The third-order valence-electron chi connectivity index (χ3n) is 2.74. The van der Waals surface area contributed by atoms with E-state index < -0.39 is 11.7 Å². The molecule has 0 spiro atoms. The molecule has 1 heterocycles. The minimum absolute atomic E-state index is 0.165. The van der Waals surface area contributed by atoms with Crippen molar-refractivity contribution in [3.8, 4) is 0 Å². The summed E-state index contributed by atoms with van der Waals surface area (Å²) in [6.45, 7) is 2.64. The highest BCUT2D eigenvalue weighted by molar-refractivity contribution is 6.30. The first kappa shape index (κ1) is 15.3. The largest absolute Gasteiger partial charge is 0.369 e. The van der Waals surface area contributed by atoms with Crippen molar-refractivity contribution in [1.29, 1.82) is 0 Å². The molecule has 0 unspecified atom stereocenters. The zero-order chi connectivity index (χ0) is 15.2. The number of anilines is 2. The summed E-state index contributed by atoms with van der Waals surface area (Å²) >= 11 is 5.79. The summed E-state index contributed by atoms with van der Waals surface area (Å²) in [7, 11) is 0. The average Bonchev–Trinajstić information content (AvgIpc) is 2.48. The van der Waals surface area contributed by atoms with Crippen LogP contribution in [0.1, 0.15) is 23.7 Å². The van der Waals surface area contributed by atoms with E-state index in [1.54, 1.807) is 24.3 Å². The number of hydrogen-bond acceptors (Lipinski definition) is 3. The van der Waals surface area contributed by atoms with Gasteiger partial charge in [0.2, 0.25) is 0 Å². The van der Waals surface area contributed by atoms with Crippen LogP contribution in [-0.4, -0.2) is 17.4 Å². The Balaban J connectivity index is 2.20. The van der Waals surface area contributed by atoms with Gasteiger partial charge in [-0.2, -0.15) is 0 Å². The third kappa shape index (κ3) is 4.16. The smallest absolute Gasteiger partial charge is 0.259 e. The number of amides is 1. The van der Waals surface area contributed by atoms with Crippen molar-refractivity contribution < 1.29 is 9.18 Å². The molecule has 1 amide bonds. The van der Waals surface area contributed by atoms with Gasteiger partial charge in [0.15, 0.2) is 0 Å². The fraction of sp³-hybridized carbons (Fsp3) is 0.200. The summed E-state index contributed by atoms with van der Waals surface area (Å²) in [6.07, 6.45) is 1.95. The fourth-order valence-corrected chi connectivity index (χ4v) is 1.85. The Bertz CT molecular complexity index is 631. The molecule has 0 bridgehead atoms. The van der Waals surface area contributed by atoms with Gasteiger partial charge in [-0.15, -0.1) is 0 Å². The molecule has 0 saturated carbocycles. The number of carbonyl (C=O) groups excluding carboxylic acids is 1. The number of halogens is 2. The fourth-order valence-electron chi connectivity index (χ4n) is 1.73. The first-order valence-electron chi connectivity index (χ1n) is 6.56. The second kappa shape index (κ2) is 7.04. The van der Waals surface area contributed by atoms with Gasteiger partial charge in [-0.25, -0.2) is 9.37 Å². The Morgan fingerprint density at radius 3 is 2.71 bits per heavy atom.